The summed E-state index contributed by atoms with van der Waals surface area (Å²) in [6.07, 6.45) is 0.113. The lowest BCUT2D eigenvalue weighted by atomic mass is 9.96. The molecule has 0 radical (unpaired) electrons. The van der Waals surface area contributed by atoms with Gasteiger partial charge in [-0.2, -0.15) is 0 Å². The standard InChI is InChI=1S/C9H20O2/c1-7(2)11-8(10-6)9(3,4)5/h7-8H,1-6H3. The average Bonchev–Trinajstić information content (AvgIpc) is 1.79. The molecule has 0 aromatic carbocycles. The van der Waals surface area contributed by atoms with E-state index < -0.39 is 0 Å². The molecule has 68 valence electrons. The molecule has 0 aliphatic carbocycles. The first-order valence-corrected chi connectivity index (χ1v) is 4.06. The van der Waals surface area contributed by atoms with Gasteiger partial charge in [-0.15, -0.1) is 0 Å². The zero-order chi connectivity index (χ0) is 9.07. The van der Waals surface area contributed by atoms with Crippen molar-refractivity contribution in [2.24, 2.45) is 5.41 Å². The van der Waals surface area contributed by atoms with Gasteiger partial charge in [0.15, 0.2) is 6.29 Å². The Morgan fingerprint density at radius 2 is 1.55 bits per heavy atom. The highest BCUT2D eigenvalue weighted by molar-refractivity contribution is 4.66. The van der Waals surface area contributed by atoms with Crippen LogP contribution in [0.2, 0.25) is 0 Å². The Morgan fingerprint density at radius 3 is 1.64 bits per heavy atom. The maximum Gasteiger partial charge on any atom is 0.162 e. The molecule has 0 aliphatic heterocycles. The molecule has 0 amide bonds. The molecule has 0 aliphatic rings. The molecular formula is C9H20O2. The van der Waals surface area contributed by atoms with Gasteiger partial charge in [-0.05, 0) is 13.8 Å². The summed E-state index contributed by atoms with van der Waals surface area (Å²) in [4.78, 5) is 0. The second kappa shape index (κ2) is 4.07. The maximum absolute atomic E-state index is 5.54. The normalized spacial score (nSPS) is 15.5. The minimum Gasteiger partial charge on any atom is -0.355 e. The van der Waals surface area contributed by atoms with Gasteiger partial charge in [0.25, 0.3) is 0 Å². The number of hydrogen-bond donors (Lipinski definition) is 0. The van der Waals surface area contributed by atoms with Crippen molar-refractivity contribution in [3.8, 4) is 0 Å². The molecule has 0 saturated carbocycles. The van der Waals surface area contributed by atoms with E-state index >= 15 is 0 Å². The van der Waals surface area contributed by atoms with Crippen LogP contribution in [-0.2, 0) is 9.47 Å². The molecule has 0 aromatic heterocycles. The zero-order valence-electron chi connectivity index (χ0n) is 8.47. The Kier molecular flexibility index (Phi) is 4.04. The number of hydrogen-bond acceptors (Lipinski definition) is 2. The SMILES string of the molecule is COC(OC(C)C)C(C)(C)C. The number of ether oxygens (including phenoxy) is 2. The van der Waals surface area contributed by atoms with Gasteiger partial charge in [-0.25, -0.2) is 0 Å². The fraction of sp³-hybridized carbons (Fsp3) is 1.00. The van der Waals surface area contributed by atoms with Crippen molar-refractivity contribution in [2.45, 2.75) is 47.0 Å². The van der Waals surface area contributed by atoms with Crippen LogP contribution in [0.1, 0.15) is 34.6 Å². The molecule has 0 saturated heterocycles. The highest BCUT2D eigenvalue weighted by Gasteiger charge is 2.25. The Bertz CT molecular complexity index is 103. The molecular weight excluding hydrogens is 140 g/mol. The van der Waals surface area contributed by atoms with Crippen molar-refractivity contribution in [1.29, 1.82) is 0 Å². The molecule has 0 N–H and O–H groups in total. The third-order valence-corrected chi connectivity index (χ3v) is 1.32. The lowest BCUT2D eigenvalue weighted by molar-refractivity contribution is -0.197. The summed E-state index contributed by atoms with van der Waals surface area (Å²) >= 11 is 0. The lowest BCUT2D eigenvalue weighted by Crippen LogP contribution is -2.33. The summed E-state index contributed by atoms with van der Waals surface area (Å²) in [6, 6.07) is 0. The summed E-state index contributed by atoms with van der Waals surface area (Å²) in [5.41, 5.74) is 0.0546. The van der Waals surface area contributed by atoms with E-state index in [0.29, 0.717) is 0 Å². The zero-order valence-corrected chi connectivity index (χ0v) is 8.47. The summed E-state index contributed by atoms with van der Waals surface area (Å²) < 4.78 is 10.7. The molecule has 0 spiro atoms. The quantitative estimate of drug-likeness (QED) is 0.590. The third-order valence-electron chi connectivity index (χ3n) is 1.32. The van der Waals surface area contributed by atoms with E-state index in [1.54, 1.807) is 7.11 Å². The fourth-order valence-electron chi connectivity index (χ4n) is 0.860. The Labute approximate surface area is 69.9 Å². The number of methoxy groups -OCH3 is 1. The molecule has 0 bridgehead atoms. The van der Waals surface area contributed by atoms with E-state index in [1.807, 2.05) is 13.8 Å². The molecule has 1 atom stereocenters. The summed E-state index contributed by atoms with van der Waals surface area (Å²) in [5.74, 6) is 0. The Balaban J connectivity index is 3.96. The van der Waals surface area contributed by atoms with Crippen LogP contribution in [0, 0.1) is 5.41 Å². The molecule has 0 aromatic rings. The Hall–Kier alpha value is -0.0800. The summed E-state index contributed by atoms with van der Waals surface area (Å²) in [6.45, 7) is 10.3. The van der Waals surface area contributed by atoms with Crippen LogP contribution in [0.4, 0.5) is 0 Å². The van der Waals surface area contributed by atoms with Crippen LogP contribution in [0.15, 0.2) is 0 Å². The van der Waals surface area contributed by atoms with Gasteiger partial charge < -0.3 is 9.47 Å². The van der Waals surface area contributed by atoms with E-state index in [4.69, 9.17) is 9.47 Å². The first kappa shape index (κ1) is 10.9. The van der Waals surface area contributed by atoms with Crippen molar-refractivity contribution in [3.05, 3.63) is 0 Å². The number of rotatable bonds is 3. The summed E-state index contributed by atoms with van der Waals surface area (Å²) in [5, 5.41) is 0. The highest BCUT2D eigenvalue weighted by atomic mass is 16.7. The van der Waals surface area contributed by atoms with Crippen LogP contribution in [0.3, 0.4) is 0 Å². The minimum absolute atomic E-state index is 0.0546. The van der Waals surface area contributed by atoms with E-state index in [-0.39, 0.29) is 17.8 Å². The topological polar surface area (TPSA) is 18.5 Å². The van der Waals surface area contributed by atoms with Crippen LogP contribution in [0.5, 0.6) is 0 Å². The monoisotopic (exact) mass is 160 g/mol. The largest absolute Gasteiger partial charge is 0.355 e. The molecule has 1 unspecified atom stereocenters. The van der Waals surface area contributed by atoms with Gasteiger partial charge in [0, 0.05) is 12.5 Å². The van der Waals surface area contributed by atoms with E-state index in [2.05, 4.69) is 20.8 Å². The molecule has 0 heterocycles. The second-order valence-corrected chi connectivity index (χ2v) is 4.12. The van der Waals surface area contributed by atoms with Crippen LogP contribution < -0.4 is 0 Å². The van der Waals surface area contributed by atoms with Crippen molar-refractivity contribution in [2.75, 3.05) is 7.11 Å². The van der Waals surface area contributed by atoms with Crippen molar-refractivity contribution in [1.82, 2.24) is 0 Å². The highest BCUT2D eigenvalue weighted by Crippen LogP contribution is 2.23. The third kappa shape index (κ3) is 4.38. The molecule has 0 fully saturated rings. The predicted molar refractivity (Wildman–Crippen MR) is 46.5 cm³/mol. The summed E-state index contributed by atoms with van der Waals surface area (Å²) in [7, 11) is 1.68. The molecule has 0 rings (SSSR count). The smallest absolute Gasteiger partial charge is 0.162 e. The first-order valence-electron chi connectivity index (χ1n) is 4.06. The van der Waals surface area contributed by atoms with E-state index in [1.165, 1.54) is 0 Å². The van der Waals surface area contributed by atoms with Gasteiger partial charge in [0.1, 0.15) is 0 Å². The van der Waals surface area contributed by atoms with Crippen molar-refractivity contribution in [3.63, 3.8) is 0 Å². The average molecular weight is 160 g/mol. The molecule has 11 heavy (non-hydrogen) atoms. The van der Waals surface area contributed by atoms with Gasteiger partial charge in [0.05, 0.1) is 6.10 Å². The van der Waals surface area contributed by atoms with Crippen LogP contribution in [-0.4, -0.2) is 19.5 Å². The van der Waals surface area contributed by atoms with Gasteiger partial charge >= 0.3 is 0 Å². The lowest BCUT2D eigenvalue weighted by Gasteiger charge is -2.30. The van der Waals surface area contributed by atoms with Gasteiger partial charge in [-0.3, -0.25) is 0 Å². The van der Waals surface area contributed by atoms with Crippen molar-refractivity contribution < 1.29 is 9.47 Å². The van der Waals surface area contributed by atoms with Gasteiger partial charge in [0.2, 0.25) is 0 Å². The van der Waals surface area contributed by atoms with Crippen LogP contribution in [0.25, 0.3) is 0 Å². The van der Waals surface area contributed by atoms with E-state index in [0.717, 1.165) is 0 Å². The predicted octanol–water partition coefficient (Wildman–Crippen LogP) is 2.43. The first-order chi connectivity index (χ1) is 4.88. The van der Waals surface area contributed by atoms with Gasteiger partial charge in [-0.1, -0.05) is 20.8 Å². The maximum atomic E-state index is 5.54. The Morgan fingerprint density at radius 1 is 1.09 bits per heavy atom. The second-order valence-electron chi connectivity index (χ2n) is 4.12. The van der Waals surface area contributed by atoms with E-state index in [9.17, 15) is 0 Å². The molecule has 2 nitrogen and oxygen atoms in total. The van der Waals surface area contributed by atoms with Crippen LogP contribution >= 0.6 is 0 Å². The fourth-order valence-corrected chi connectivity index (χ4v) is 0.860. The van der Waals surface area contributed by atoms with Crippen molar-refractivity contribution >= 4 is 0 Å². The molecule has 2 heteroatoms. The minimum atomic E-state index is -0.109.